The van der Waals surface area contributed by atoms with E-state index in [0.29, 0.717) is 5.75 Å². The molecule has 4 rings (SSSR count). The standard InChI is InChI=1S/C21H22N4OS/c1-14-8-10-18(11-9-14)25-16(3)22-23-21(25)27-13-20(26)24-15(2)12-17-6-4-5-7-19(17)24/h4-11,15H,12-13H2,1-3H3/t15-/m0/s1. The zero-order chi connectivity index (χ0) is 19.0. The van der Waals surface area contributed by atoms with Crippen LogP contribution in [0.15, 0.2) is 53.7 Å². The van der Waals surface area contributed by atoms with Crippen molar-refractivity contribution in [1.29, 1.82) is 0 Å². The Morgan fingerprint density at radius 2 is 1.85 bits per heavy atom. The first-order chi connectivity index (χ1) is 13.0. The van der Waals surface area contributed by atoms with Gasteiger partial charge in [-0.3, -0.25) is 9.36 Å². The maximum Gasteiger partial charge on any atom is 0.237 e. The number of para-hydroxylation sites is 1. The number of anilines is 1. The molecule has 0 spiro atoms. The smallest absolute Gasteiger partial charge is 0.237 e. The molecule has 0 saturated carbocycles. The van der Waals surface area contributed by atoms with Gasteiger partial charge in [-0.2, -0.15) is 0 Å². The van der Waals surface area contributed by atoms with E-state index in [2.05, 4.69) is 54.4 Å². The van der Waals surface area contributed by atoms with E-state index >= 15 is 0 Å². The van der Waals surface area contributed by atoms with E-state index in [9.17, 15) is 4.79 Å². The highest BCUT2D eigenvalue weighted by atomic mass is 32.2. The van der Waals surface area contributed by atoms with Crippen molar-refractivity contribution in [2.45, 2.75) is 38.4 Å². The first-order valence-electron chi connectivity index (χ1n) is 9.06. The van der Waals surface area contributed by atoms with Gasteiger partial charge in [0.2, 0.25) is 5.91 Å². The van der Waals surface area contributed by atoms with Gasteiger partial charge < -0.3 is 4.90 Å². The fourth-order valence-electron chi connectivity index (χ4n) is 3.57. The molecule has 0 aliphatic carbocycles. The van der Waals surface area contributed by atoms with E-state index in [0.717, 1.165) is 28.8 Å². The number of hydrogen-bond acceptors (Lipinski definition) is 4. The van der Waals surface area contributed by atoms with Gasteiger partial charge in [-0.05, 0) is 51.0 Å². The summed E-state index contributed by atoms with van der Waals surface area (Å²) in [6.45, 7) is 6.09. The molecule has 5 nitrogen and oxygen atoms in total. The lowest BCUT2D eigenvalue weighted by Gasteiger charge is -2.22. The summed E-state index contributed by atoms with van der Waals surface area (Å²) in [5.41, 5.74) is 4.49. The number of amides is 1. The Bertz CT molecular complexity index is 980. The van der Waals surface area contributed by atoms with Crippen LogP contribution < -0.4 is 4.90 Å². The summed E-state index contributed by atoms with van der Waals surface area (Å²) in [5, 5.41) is 9.23. The zero-order valence-electron chi connectivity index (χ0n) is 15.7. The third kappa shape index (κ3) is 3.37. The minimum atomic E-state index is 0.105. The molecule has 6 heteroatoms. The number of carbonyl (C=O) groups excluding carboxylic acids is 1. The maximum absolute atomic E-state index is 12.9. The Balaban J connectivity index is 1.53. The van der Waals surface area contributed by atoms with Crippen LogP contribution in [-0.4, -0.2) is 32.5 Å². The Kier molecular flexibility index (Phi) is 4.74. The van der Waals surface area contributed by atoms with E-state index in [1.165, 1.54) is 22.9 Å². The molecule has 1 atom stereocenters. The summed E-state index contributed by atoms with van der Waals surface area (Å²) in [6.07, 6.45) is 0.908. The minimum absolute atomic E-state index is 0.105. The van der Waals surface area contributed by atoms with Crippen LogP contribution in [0.25, 0.3) is 5.69 Å². The Labute approximate surface area is 163 Å². The molecule has 0 radical (unpaired) electrons. The molecule has 3 aromatic rings. The number of aryl methyl sites for hydroxylation is 2. The van der Waals surface area contributed by atoms with Crippen molar-refractivity contribution >= 4 is 23.4 Å². The fourth-order valence-corrected chi connectivity index (χ4v) is 4.43. The average molecular weight is 379 g/mol. The van der Waals surface area contributed by atoms with Crippen LogP contribution in [0.4, 0.5) is 5.69 Å². The van der Waals surface area contributed by atoms with Crippen molar-refractivity contribution in [3.05, 3.63) is 65.5 Å². The van der Waals surface area contributed by atoms with Crippen molar-refractivity contribution in [3.63, 3.8) is 0 Å². The van der Waals surface area contributed by atoms with E-state index in [1.807, 2.05) is 34.6 Å². The third-order valence-electron chi connectivity index (χ3n) is 4.89. The summed E-state index contributed by atoms with van der Waals surface area (Å²) in [6, 6.07) is 16.6. The maximum atomic E-state index is 12.9. The van der Waals surface area contributed by atoms with Crippen molar-refractivity contribution in [2.24, 2.45) is 0 Å². The number of benzene rings is 2. The van der Waals surface area contributed by atoms with Crippen LogP contribution in [-0.2, 0) is 11.2 Å². The second kappa shape index (κ2) is 7.19. The summed E-state index contributed by atoms with van der Waals surface area (Å²) >= 11 is 1.44. The predicted octanol–water partition coefficient (Wildman–Crippen LogP) is 3.95. The van der Waals surface area contributed by atoms with Gasteiger partial charge in [0.25, 0.3) is 0 Å². The van der Waals surface area contributed by atoms with E-state index in [4.69, 9.17) is 0 Å². The van der Waals surface area contributed by atoms with Crippen LogP contribution in [0, 0.1) is 13.8 Å². The molecular formula is C21H22N4OS. The second-order valence-electron chi connectivity index (χ2n) is 6.94. The number of thioether (sulfide) groups is 1. The molecule has 0 saturated heterocycles. The number of rotatable bonds is 4. The summed E-state index contributed by atoms with van der Waals surface area (Å²) in [4.78, 5) is 14.9. The quantitative estimate of drug-likeness (QED) is 0.645. The first-order valence-corrected chi connectivity index (χ1v) is 10.0. The summed E-state index contributed by atoms with van der Waals surface area (Å²) in [7, 11) is 0. The molecule has 138 valence electrons. The SMILES string of the molecule is Cc1ccc(-n2c(C)nnc2SCC(=O)N2c3ccccc3C[C@@H]2C)cc1. The van der Waals surface area contributed by atoms with Crippen molar-refractivity contribution < 1.29 is 4.79 Å². The highest BCUT2D eigenvalue weighted by molar-refractivity contribution is 7.99. The van der Waals surface area contributed by atoms with Crippen LogP contribution in [0.2, 0.25) is 0 Å². The molecule has 0 bridgehead atoms. The van der Waals surface area contributed by atoms with Gasteiger partial charge in [-0.1, -0.05) is 47.7 Å². The van der Waals surface area contributed by atoms with Crippen LogP contribution in [0.3, 0.4) is 0 Å². The van der Waals surface area contributed by atoms with Gasteiger partial charge in [0.05, 0.1) is 5.75 Å². The highest BCUT2D eigenvalue weighted by Gasteiger charge is 2.30. The van der Waals surface area contributed by atoms with Crippen molar-refractivity contribution in [3.8, 4) is 5.69 Å². The van der Waals surface area contributed by atoms with Crippen LogP contribution in [0.5, 0.6) is 0 Å². The number of aromatic nitrogens is 3. The van der Waals surface area contributed by atoms with Gasteiger partial charge in [0, 0.05) is 17.4 Å². The number of fused-ring (bicyclic) bond motifs is 1. The van der Waals surface area contributed by atoms with Crippen molar-refractivity contribution in [2.75, 3.05) is 10.7 Å². The molecule has 2 aromatic carbocycles. The summed E-state index contributed by atoms with van der Waals surface area (Å²) in [5.74, 6) is 1.25. The van der Waals surface area contributed by atoms with E-state index < -0.39 is 0 Å². The molecule has 1 aliphatic rings. The molecule has 27 heavy (non-hydrogen) atoms. The topological polar surface area (TPSA) is 51.0 Å². The van der Waals surface area contributed by atoms with Gasteiger partial charge in [0.15, 0.2) is 5.16 Å². The lowest BCUT2D eigenvalue weighted by atomic mass is 10.1. The number of carbonyl (C=O) groups is 1. The molecule has 1 aromatic heterocycles. The predicted molar refractivity (Wildman–Crippen MR) is 109 cm³/mol. The van der Waals surface area contributed by atoms with Gasteiger partial charge in [-0.25, -0.2) is 0 Å². The zero-order valence-corrected chi connectivity index (χ0v) is 16.5. The number of nitrogens with zero attached hydrogens (tertiary/aromatic N) is 4. The Morgan fingerprint density at radius 1 is 1.11 bits per heavy atom. The van der Waals surface area contributed by atoms with E-state index in [-0.39, 0.29) is 11.9 Å². The molecule has 2 heterocycles. The first kappa shape index (κ1) is 17.8. The Hall–Kier alpha value is -2.60. The molecule has 0 unspecified atom stereocenters. The fraction of sp³-hybridized carbons (Fsp3) is 0.286. The largest absolute Gasteiger partial charge is 0.308 e. The van der Waals surface area contributed by atoms with Crippen LogP contribution in [0.1, 0.15) is 23.9 Å². The lowest BCUT2D eigenvalue weighted by molar-refractivity contribution is -0.116. The van der Waals surface area contributed by atoms with Crippen molar-refractivity contribution in [1.82, 2.24) is 14.8 Å². The molecule has 1 aliphatic heterocycles. The monoisotopic (exact) mass is 378 g/mol. The average Bonchev–Trinajstić information content (AvgIpc) is 3.19. The molecular weight excluding hydrogens is 356 g/mol. The van der Waals surface area contributed by atoms with Crippen LogP contribution >= 0.6 is 11.8 Å². The van der Waals surface area contributed by atoms with Gasteiger partial charge in [0.1, 0.15) is 5.82 Å². The number of hydrogen-bond donors (Lipinski definition) is 0. The lowest BCUT2D eigenvalue weighted by Crippen LogP contribution is -2.37. The van der Waals surface area contributed by atoms with E-state index in [1.54, 1.807) is 0 Å². The molecule has 1 amide bonds. The normalized spacial score (nSPS) is 15.8. The van der Waals surface area contributed by atoms with Gasteiger partial charge >= 0.3 is 0 Å². The Morgan fingerprint density at radius 3 is 2.63 bits per heavy atom. The third-order valence-corrected chi connectivity index (χ3v) is 5.80. The second-order valence-corrected chi connectivity index (χ2v) is 7.88. The highest BCUT2D eigenvalue weighted by Crippen LogP contribution is 2.33. The summed E-state index contributed by atoms with van der Waals surface area (Å²) < 4.78 is 2.00. The molecule has 0 N–H and O–H groups in total. The molecule has 0 fully saturated rings. The van der Waals surface area contributed by atoms with Gasteiger partial charge in [-0.15, -0.1) is 10.2 Å². The minimum Gasteiger partial charge on any atom is -0.308 e.